The monoisotopic (exact) mass is 463 g/mol. The van der Waals surface area contributed by atoms with Gasteiger partial charge in [0.15, 0.2) is 17.3 Å². The van der Waals surface area contributed by atoms with E-state index in [-0.39, 0.29) is 5.78 Å². The summed E-state index contributed by atoms with van der Waals surface area (Å²) in [6.45, 7) is 5.18. The molecule has 3 aromatic rings. The Hall–Kier alpha value is -3.13. The summed E-state index contributed by atoms with van der Waals surface area (Å²) in [5.74, 6) is 0.988. The number of aromatic nitrogens is 1. The van der Waals surface area contributed by atoms with Gasteiger partial charge in [-0.3, -0.25) is 9.69 Å². The number of piperazine rings is 1. The Balaban J connectivity index is 1.50. The van der Waals surface area contributed by atoms with Crippen LogP contribution < -0.4 is 9.47 Å². The van der Waals surface area contributed by atoms with Gasteiger partial charge in [0.2, 0.25) is 0 Å². The summed E-state index contributed by atoms with van der Waals surface area (Å²) in [6.07, 6.45) is 4.96. The Morgan fingerprint density at radius 3 is 2.50 bits per heavy atom. The predicted molar refractivity (Wildman–Crippen MR) is 135 cm³/mol. The summed E-state index contributed by atoms with van der Waals surface area (Å²) in [5, 5.41) is 11.8. The maximum absolute atomic E-state index is 12.8. The van der Waals surface area contributed by atoms with Crippen molar-refractivity contribution in [2.75, 3.05) is 54.0 Å². The standard InChI is InChI=1S/C27H33N3O4/c1-28-12-14-29(15-13-28)18-22(31)19-30-17-21(23-6-4-5-7-24(23)30)8-10-25(32)20-9-11-26(33-2)27(16-20)34-3/h4-11,16-17,22,31H,12-15,18-19H2,1-3H3/b10-8+/t22-/m1/s1. The van der Waals surface area contributed by atoms with E-state index in [4.69, 9.17) is 9.47 Å². The number of carbonyl (C=O) groups excluding carboxylic acids is 1. The number of hydrogen-bond donors (Lipinski definition) is 1. The molecule has 1 aliphatic heterocycles. The SMILES string of the molecule is COc1ccc(C(=O)/C=C/c2cn(C[C@H](O)CN3CCN(C)CC3)c3ccccc23)cc1OC. The highest BCUT2D eigenvalue weighted by atomic mass is 16.5. The van der Waals surface area contributed by atoms with Gasteiger partial charge in [0, 0.05) is 67.5 Å². The van der Waals surface area contributed by atoms with Crippen molar-refractivity contribution < 1.29 is 19.4 Å². The van der Waals surface area contributed by atoms with Crippen LogP contribution in [0.3, 0.4) is 0 Å². The Kier molecular flexibility index (Phi) is 7.67. The number of nitrogens with zero attached hydrogens (tertiary/aromatic N) is 3. The largest absolute Gasteiger partial charge is 0.493 e. The van der Waals surface area contributed by atoms with Gasteiger partial charge < -0.3 is 24.0 Å². The molecule has 7 nitrogen and oxygen atoms in total. The molecule has 180 valence electrons. The molecular weight excluding hydrogens is 430 g/mol. The van der Waals surface area contributed by atoms with Crippen LogP contribution in [0.2, 0.25) is 0 Å². The van der Waals surface area contributed by atoms with Crippen molar-refractivity contribution in [2.24, 2.45) is 0 Å². The van der Waals surface area contributed by atoms with Gasteiger partial charge >= 0.3 is 0 Å². The molecule has 1 saturated heterocycles. The number of likely N-dealkylation sites (N-methyl/N-ethyl adjacent to an activating group) is 1. The van der Waals surface area contributed by atoms with Gasteiger partial charge in [-0.15, -0.1) is 0 Å². The van der Waals surface area contributed by atoms with E-state index >= 15 is 0 Å². The summed E-state index contributed by atoms with van der Waals surface area (Å²) < 4.78 is 12.6. The molecule has 34 heavy (non-hydrogen) atoms. The van der Waals surface area contributed by atoms with E-state index < -0.39 is 6.10 Å². The third-order valence-electron chi connectivity index (χ3n) is 6.37. The van der Waals surface area contributed by atoms with Gasteiger partial charge in [0.25, 0.3) is 0 Å². The number of aliphatic hydroxyl groups excluding tert-OH is 1. The third-order valence-corrected chi connectivity index (χ3v) is 6.37. The summed E-state index contributed by atoms with van der Waals surface area (Å²) in [6, 6.07) is 13.2. The topological polar surface area (TPSA) is 67.2 Å². The van der Waals surface area contributed by atoms with Crippen LogP contribution in [0.25, 0.3) is 17.0 Å². The molecule has 1 aromatic heterocycles. The molecule has 0 unspecified atom stereocenters. The fourth-order valence-electron chi connectivity index (χ4n) is 4.42. The number of hydrogen-bond acceptors (Lipinski definition) is 6. The average Bonchev–Trinajstić information content (AvgIpc) is 3.20. The van der Waals surface area contributed by atoms with Crippen LogP contribution in [0.15, 0.2) is 54.7 Å². The summed E-state index contributed by atoms with van der Waals surface area (Å²) in [7, 11) is 5.25. The van der Waals surface area contributed by atoms with Gasteiger partial charge in [0.05, 0.1) is 20.3 Å². The first-order chi connectivity index (χ1) is 16.5. The van der Waals surface area contributed by atoms with Crippen molar-refractivity contribution in [2.45, 2.75) is 12.6 Å². The van der Waals surface area contributed by atoms with Crippen molar-refractivity contribution in [3.05, 3.63) is 65.9 Å². The number of β-amino-alcohol motifs (C(OH)–C–C–N with tert-alkyl or cyclic N) is 1. The maximum atomic E-state index is 12.8. The van der Waals surface area contributed by atoms with Crippen LogP contribution in [-0.4, -0.2) is 85.4 Å². The van der Waals surface area contributed by atoms with Gasteiger partial charge in [-0.05, 0) is 43.5 Å². The van der Waals surface area contributed by atoms with Crippen LogP contribution >= 0.6 is 0 Å². The number of allylic oxidation sites excluding steroid dienone is 1. The van der Waals surface area contributed by atoms with Crippen LogP contribution in [-0.2, 0) is 6.54 Å². The number of ketones is 1. The molecule has 4 rings (SSSR count). The molecular formula is C27H33N3O4. The van der Waals surface area contributed by atoms with E-state index in [0.717, 1.165) is 42.6 Å². The van der Waals surface area contributed by atoms with E-state index in [1.807, 2.05) is 36.5 Å². The van der Waals surface area contributed by atoms with E-state index in [9.17, 15) is 9.90 Å². The first-order valence-electron chi connectivity index (χ1n) is 11.6. The molecule has 0 aliphatic carbocycles. The number of carbonyl (C=O) groups is 1. The highest BCUT2D eigenvalue weighted by Crippen LogP contribution is 2.28. The highest BCUT2D eigenvalue weighted by molar-refractivity contribution is 6.08. The van der Waals surface area contributed by atoms with Gasteiger partial charge in [-0.1, -0.05) is 18.2 Å². The number of aliphatic hydroxyl groups is 1. The lowest BCUT2D eigenvalue weighted by molar-refractivity contribution is 0.0717. The molecule has 0 saturated carbocycles. The van der Waals surface area contributed by atoms with Gasteiger partial charge in [0.1, 0.15) is 0 Å². The molecule has 1 aliphatic rings. The van der Waals surface area contributed by atoms with E-state index in [0.29, 0.717) is 30.2 Å². The summed E-state index contributed by atoms with van der Waals surface area (Å²) in [5.41, 5.74) is 2.51. The molecule has 0 bridgehead atoms. The lowest BCUT2D eigenvalue weighted by Crippen LogP contribution is -2.47. The minimum atomic E-state index is -0.468. The number of ether oxygens (including phenoxy) is 2. The molecule has 0 spiro atoms. The fourth-order valence-corrected chi connectivity index (χ4v) is 4.42. The predicted octanol–water partition coefficient (Wildman–Crippen LogP) is 3.16. The lowest BCUT2D eigenvalue weighted by Gasteiger charge is -2.33. The average molecular weight is 464 g/mol. The zero-order valence-electron chi connectivity index (χ0n) is 20.1. The van der Waals surface area contributed by atoms with Crippen LogP contribution in [0.5, 0.6) is 11.5 Å². The second-order valence-corrected chi connectivity index (χ2v) is 8.78. The van der Waals surface area contributed by atoms with Crippen molar-refractivity contribution >= 4 is 22.8 Å². The zero-order valence-corrected chi connectivity index (χ0v) is 20.1. The molecule has 0 radical (unpaired) electrons. The van der Waals surface area contributed by atoms with Crippen molar-refractivity contribution in [1.29, 1.82) is 0 Å². The molecule has 1 N–H and O–H groups in total. The number of methoxy groups -OCH3 is 2. The maximum Gasteiger partial charge on any atom is 0.185 e. The number of benzene rings is 2. The van der Waals surface area contributed by atoms with Crippen molar-refractivity contribution in [1.82, 2.24) is 14.4 Å². The van der Waals surface area contributed by atoms with E-state index in [1.54, 1.807) is 38.5 Å². The fraction of sp³-hybridized carbons (Fsp3) is 0.370. The minimum Gasteiger partial charge on any atom is -0.493 e. The first kappa shape index (κ1) is 24.0. The van der Waals surface area contributed by atoms with Crippen molar-refractivity contribution in [3.63, 3.8) is 0 Å². The Labute approximate surface area is 200 Å². The lowest BCUT2D eigenvalue weighted by atomic mass is 10.1. The number of para-hydroxylation sites is 1. The van der Waals surface area contributed by atoms with Gasteiger partial charge in [-0.2, -0.15) is 0 Å². The van der Waals surface area contributed by atoms with E-state index in [2.05, 4.69) is 21.4 Å². The molecule has 1 fully saturated rings. The van der Waals surface area contributed by atoms with Crippen molar-refractivity contribution in [3.8, 4) is 11.5 Å². The second-order valence-electron chi connectivity index (χ2n) is 8.78. The highest BCUT2D eigenvalue weighted by Gasteiger charge is 2.18. The minimum absolute atomic E-state index is 0.118. The van der Waals surface area contributed by atoms with Crippen LogP contribution in [0, 0.1) is 0 Å². The normalized spacial score (nSPS) is 16.2. The quantitative estimate of drug-likeness (QED) is 0.388. The van der Waals surface area contributed by atoms with E-state index in [1.165, 1.54) is 0 Å². The molecule has 2 aromatic carbocycles. The molecule has 0 amide bonds. The Bertz CT molecular complexity index is 1160. The number of fused-ring (bicyclic) bond motifs is 1. The first-order valence-corrected chi connectivity index (χ1v) is 11.6. The zero-order chi connectivity index (χ0) is 24.1. The van der Waals surface area contributed by atoms with Gasteiger partial charge in [-0.25, -0.2) is 0 Å². The van der Waals surface area contributed by atoms with Crippen LogP contribution in [0.1, 0.15) is 15.9 Å². The molecule has 7 heteroatoms. The summed E-state index contributed by atoms with van der Waals surface area (Å²) >= 11 is 0. The third kappa shape index (κ3) is 5.50. The molecule has 2 heterocycles. The Morgan fingerprint density at radius 2 is 1.76 bits per heavy atom. The number of rotatable bonds is 9. The van der Waals surface area contributed by atoms with Crippen LogP contribution in [0.4, 0.5) is 0 Å². The summed E-state index contributed by atoms with van der Waals surface area (Å²) in [4.78, 5) is 17.4. The Morgan fingerprint density at radius 1 is 1.03 bits per heavy atom. The molecule has 1 atom stereocenters. The smallest absolute Gasteiger partial charge is 0.185 e. The second kappa shape index (κ2) is 10.9.